The van der Waals surface area contributed by atoms with Gasteiger partial charge in [-0.1, -0.05) is 36.4 Å². The number of hydrogen-bond donors (Lipinski definition) is 0. The van der Waals surface area contributed by atoms with Gasteiger partial charge >= 0.3 is 0 Å². The lowest BCUT2D eigenvalue weighted by Gasteiger charge is -2.34. The van der Waals surface area contributed by atoms with E-state index in [1.165, 1.54) is 22.3 Å². The third-order valence-corrected chi connectivity index (χ3v) is 9.11. The van der Waals surface area contributed by atoms with Crippen LogP contribution in [0.25, 0.3) is 0 Å². The zero-order valence-electron chi connectivity index (χ0n) is 22.8. The van der Waals surface area contributed by atoms with Crippen molar-refractivity contribution in [2.24, 2.45) is 11.8 Å². The quantitative estimate of drug-likeness (QED) is 0.345. The largest absolute Gasteiger partial charge is 0.468 e. The monoisotopic (exact) mass is 562 g/mol. The summed E-state index contributed by atoms with van der Waals surface area (Å²) in [7, 11) is 0. The van der Waals surface area contributed by atoms with E-state index in [-0.39, 0.29) is 11.8 Å². The molecule has 0 N–H and O–H groups in total. The predicted molar refractivity (Wildman–Crippen MR) is 148 cm³/mol. The molecule has 6 heterocycles. The molecule has 4 saturated heterocycles. The standard InChI is InChI=1S/C32H26N4O6/c1-17-9-3-5-11-19(17)33-29(37)23-25(21-13-7-15-41-21)36-28-24(26(22-14-8-16-42-22)35(36)27(23)31(33)39)30(38)34(32(28)40)20-12-6-4-10-18(20)2/h3-16,23-28H,1-2H3/t23-,24-,25-,26+,27+,28+/m0/s1. The highest BCUT2D eigenvalue weighted by Crippen LogP contribution is 2.60. The Bertz CT molecular complexity index is 1640. The lowest BCUT2D eigenvalue weighted by molar-refractivity contribution is -0.136. The molecular formula is C32H26N4O6. The van der Waals surface area contributed by atoms with Gasteiger partial charge in [-0.2, -0.15) is 0 Å². The number of carbonyl (C=O) groups is 4. The van der Waals surface area contributed by atoms with E-state index in [9.17, 15) is 19.2 Å². The molecule has 4 aliphatic heterocycles. The van der Waals surface area contributed by atoms with E-state index in [4.69, 9.17) is 8.83 Å². The van der Waals surface area contributed by atoms with Crippen LogP contribution in [-0.2, 0) is 19.2 Å². The number of amides is 4. The molecule has 0 radical (unpaired) electrons. The maximum atomic E-state index is 14.3. The fourth-order valence-electron chi connectivity index (χ4n) is 7.42. The number of aryl methyl sites for hydroxylation is 2. The molecule has 8 rings (SSSR count). The number of anilines is 2. The van der Waals surface area contributed by atoms with E-state index < -0.39 is 47.8 Å². The summed E-state index contributed by atoms with van der Waals surface area (Å²) in [6.45, 7) is 3.70. The van der Waals surface area contributed by atoms with Crippen LogP contribution in [-0.4, -0.2) is 45.7 Å². The van der Waals surface area contributed by atoms with Gasteiger partial charge in [0.25, 0.3) is 11.8 Å². The van der Waals surface area contributed by atoms with E-state index in [2.05, 4.69) is 0 Å². The minimum absolute atomic E-state index is 0.377. The maximum absolute atomic E-state index is 14.3. The summed E-state index contributed by atoms with van der Waals surface area (Å²) in [5, 5.41) is 3.52. The summed E-state index contributed by atoms with van der Waals surface area (Å²) >= 11 is 0. The molecule has 4 amide bonds. The van der Waals surface area contributed by atoms with Crippen LogP contribution in [0.1, 0.15) is 34.7 Å². The van der Waals surface area contributed by atoms with Gasteiger partial charge in [-0.05, 0) is 61.4 Å². The highest BCUT2D eigenvalue weighted by atomic mass is 16.3. The van der Waals surface area contributed by atoms with Gasteiger partial charge in [0.2, 0.25) is 11.8 Å². The van der Waals surface area contributed by atoms with Crippen LogP contribution in [0.15, 0.2) is 94.2 Å². The van der Waals surface area contributed by atoms with E-state index in [0.29, 0.717) is 22.9 Å². The molecule has 0 unspecified atom stereocenters. The molecular weight excluding hydrogens is 536 g/mol. The Hall–Kier alpha value is -4.80. The number of carbonyl (C=O) groups excluding carboxylic acids is 4. The van der Waals surface area contributed by atoms with Gasteiger partial charge in [-0.25, -0.2) is 19.8 Å². The van der Waals surface area contributed by atoms with Crippen molar-refractivity contribution in [2.75, 3.05) is 9.80 Å². The topological polar surface area (TPSA) is 108 Å². The number of hydrogen-bond acceptors (Lipinski definition) is 8. The molecule has 0 saturated carbocycles. The van der Waals surface area contributed by atoms with Gasteiger partial charge in [0.15, 0.2) is 0 Å². The van der Waals surface area contributed by atoms with Crippen LogP contribution >= 0.6 is 0 Å². The predicted octanol–water partition coefficient (Wildman–Crippen LogP) is 3.93. The minimum atomic E-state index is -0.972. The molecule has 2 aromatic heterocycles. The molecule has 4 fully saturated rings. The van der Waals surface area contributed by atoms with Crippen LogP contribution < -0.4 is 9.80 Å². The normalized spacial score (nSPS) is 29.1. The average molecular weight is 563 g/mol. The van der Waals surface area contributed by atoms with Gasteiger partial charge in [0.1, 0.15) is 23.6 Å². The summed E-state index contributed by atoms with van der Waals surface area (Å²) in [6.07, 6.45) is 3.01. The molecule has 210 valence electrons. The van der Waals surface area contributed by atoms with Gasteiger partial charge in [0.05, 0.1) is 47.8 Å². The Morgan fingerprint density at radius 2 is 0.905 bits per heavy atom. The smallest absolute Gasteiger partial charge is 0.253 e. The molecule has 0 spiro atoms. The molecule has 2 aromatic carbocycles. The summed E-state index contributed by atoms with van der Waals surface area (Å²) in [5.41, 5.74) is 2.59. The lowest BCUT2D eigenvalue weighted by Crippen LogP contribution is -2.50. The third kappa shape index (κ3) is 3.10. The van der Waals surface area contributed by atoms with Crippen LogP contribution in [0.4, 0.5) is 11.4 Å². The second-order valence-electron chi connectivity index (χ2n) is 11.2. The first-order chi connectivity index (χ1) is 20.4. The second kappa shape index (κ2) is 8.85. The number of nitrogens with zero attached hydrogens (tertiary/aromatic N) is 4. The van der Waals surface area contributed by atoms with Crippen molar-refractivity contribution in [2.45, 2.75) is 38.0 Å². The summed E-state index contributed by atoms with van der Waals surface area (Å²) in [5.74, 6) is -2.46. The Morgan fingerprint density at radius 1 is 0.500 bits per heavy atom. The van der Waals surface area contributed by atoms with Crippen molar-refractivity contribution in [1.29, 1.82) is 0 Å². The van der Waals surface area contributed by atoms with Crippen LogP contribution in [0.3, 0.4) is 0 Å². The van der Waals surface area contributed by atoms with Gasteiger partial charge in [-0.3, -0.25) is 19.2 Å². The van der Waals surface area contributed by atoms with E-state index in [0.717, 1.165) is 11.1 Å². The van der Waals surface area contributed by atoms with Crippen molar-refractivity contribution >= 4 is 35.0 Å². The molecule has 42 heavy (non-hydrogen) atoms. The van der Waals surface area contributed by atoms with E-state index in [1.807, 2.05) is 38.1 Å². The summed E-state index contributed by atoms with van der Waals surface area (Å²) in [6, 6.07) is 17.9. The number of hydrazine groups is 1. The van der Waals surface area contributed by atoms with Crippen molar-refractivity contribution < 1.29 is 28.0 Å². The number of para-hydroxylation sites is 2. The highest BCUT2D eigenvalue weighted by molar-refractivity contribution is 6.26. The third-order valence-electron chi connectivity index (χ3n) is 9.11. The van der Waals surface area contributed by atoms with Crippen LogP contribution in [0, 0.1) is 25.7 Å². The van der Waals surface area contributed by atoms with Crippen molar-refractivity contribution in [3.63, 3.8) is 0 Å². The fourth-order valence-corrected chi connectivity index (χ4v) is 7.42. The zero-order valence-corrected chi connectivity index (χ0v) is 22.8. The number of fused-ring (bicyclic) bond motifs is 5. The SMILES string of the molecule is Cc1ccccc1N1C(=O)[C@@H]2[C@H](C1=O)N1[C@H](c3ccco3)[C@@H]3C(=O)N(c4ccccc4C)C(=O)[C@@H]3N1[C@H]2c1ccco1. The van der Waals surface area contributed by atoms with Gasteiger partial charge < -0.3 is 8.83 Å². The fraction of sp³-hybridized carbons (Fsp3) is 0.250. The Balaban J connectivity index is 1.32. The molecule has 10 nitrogen and oxygen atoms in total. The maximum Gasteiger partial charge on any atom is 0.253 e. The number of benzene rings is 2. The highest BCUT2D eigenvalue weighted by Gasteiger charge is 2.74. The van der Waals surface area contributed by atoms with Crippen LogP contribution in [0.2, 0.25) is 0 Å². The average Bonchev–Trinajstić information content (AvgIpc) is 3.81. The second-order valence-corrected chi connectivity index (χ2v) is 11.2. The Kier molecular flexibility index (Phi) is 5.26. The van der Waals surface area contributed by atoms with Crippen molar-refractivity contribution in [1.82, 2.24) is 10.0 Å². The Morgan fingerprint density at radius 3 is 1.26 bits per heavy atom. The summed E-state index contributed by atoms with van der Waals surface area (Å²) in [4.78, 5) is 59.7. The molecule has 10 heteroatoms. The van der Waals surface area contributed by atoms with E-state index in [1.54, 1.807) is 58.5 Å². The zero-order chi connectivity index (χ0) is 28.9. The van der Waals surface area contributed by atoms with Crippen molar-refractivity contribution in [3.05, 3.63) is 108 Å². The minimum Gasteiger partial charge on any atom is -0.468 e. The Labute approximate surface area is 240 Å². The molecule has 0 bridgehead atoms. The first-order valence-corrected chi connectivity index (χ1v) is 13.9. The first kappa shape index (κ1) is 25.0. The molecule has 4 aromatic rings. The molecule has 4 aliphatic rings. The molecule has 0 aliphatic carbocycles. The lowest BCUT2D eigenvalue weighted by atomic mass is 9.87. The van der Waals surface area contributed by atoms with Gasteiger partial charge in [-0.15, -0.1) is 0 Å². The number of furan rings is 2. The van der Waals surface area contributed by atoms with Crippen LogP contribution in [0.5, 0.6) is 0 Å². The number of rotatable bonds is 4. The number of imide groups is 2. The first-order valence-electron chi connectivity index (χ1n) is 13.9. The van der Waals surface area contributed by atoms with Gasteiger partial charge in [0, 0.05) is 0 Å². The van der Waals surface area contributed by atoms with Crippen molar-refractivity contribution in [3.8, 4) is 0 Å². The molecule has 6 atom stereocenters. The summed E-state index contributed by atoms with van der Waals surface area (Å²) < 4.78 is 11.7. The van der Waals surface area contributed by atoms with E-state index >= 15 is 0 Å².